The van der Waals surface area contributed by atoms with Crippen molar-refractivity contribution in [3.05, 3.63) is 50.3 Å². The smallest absolute Gasteiger partial charge is 0.339 e. The number of anilines is 1. The SMILES string of the molecule is COC(=O)c1cnc(N2CCCC2c2ccsc2)c([N+](=O)[O-])c1. The van der Waals surface area contributed by atoms with Crippen LogP contribution in [0.1, 0.15) is 34.8 Å². The molecular weight excluding hydrogens is 318 g/mol. The Morgan fingerprint density at radius 3 is 3.04 bits per heavy atom. The van der Waals surface area contributed by atoms with E-state index in [1.54, 1.807) is 11.3 Å². The van der Waals surface area contributed by atoms with Crippen LogP contribution in [0, 0.1) is 10.1 Å². The van der Waals surface area contributed by atoms with Gasteiger partial charge in [-0.3, -0.25) is 10.1 Å². The minimum atomic E-state index is -0.636. The Morgan fingerprint density at radius 1 is 1.57 bits per heavy atom. The van der Waals surface area contributed by atoms with Gasteiger partial charge in [-0.05, 0) is 35.2 Å². The second-order valence-corrected chi connectivity index (χ2v) is 6.00. The molecule has 3 heterocycles. The van der Waals surface area contributed by atoms with Crippen molar-refractivity contribution in [2.75, 3.05) is 18.6 Å². The Kier molecular flexibility index (Phi) is 4.24. The third-order valence-electron chi connectivity index (χ3n) is 3.92. The molecule has 0 spiro atoms. The molecule has 3 rings (SSSR count). The van der Waals surface area contributed by atoms with Crippen LogP contribution in [0.4, 0.5) is 11.5 Å². The molecule has 8 heteroatoms. The summed E-state index contributed by atoms with van der Waals surface area (Å²) in [4.78, 5) is 28.6. The Balaban J connectivity index is 2.01. The van der Waals surface area contributed by atoms with Gasteiger partial charge in [0, 0.05) is 18.8 Å². The molecule has 0 aliphatic carbocycles. The molecular formula is C15H15N3O4S. The third-order valence-corrected chi connectivity index (χ3v) is 4.62. The molecule has 0 N–H and O–H groups in total. The average Bonchev–Trinajstić information content (AvgIpc) is 3.23. The Hall–Kier alpha value is -2.48. The molecule has 0 bridgehead atoms. The molecule has 1 saturated heterocycles. The fourth-order valence-corrected chi connectivity index (χ4v) is 3.57. The van der Waals surface area contributed by atoms with E-state index in [1.165, 1.54) is 19.4 Å². The predicted octanol–water partition coefficient (Wildman–Crippen LogP) is 3.18. The summed E-state index contributed by atoms with van der Waals surface area (Å²) in [6, 6.07) is 3.34. The molecule has 0 amide bonds. The maximum Gasteiger partial charge on any atom is 0.339 e. The van der Waals surface area contributed by atoms with Gasteiger partial charge in [-0.25, -0.2) is 9.78 Å². The number of nitro groups is 1. The van der Waals surface area contributed by atoms with Crippen LogP contribution in [0.5, 0.6) is 0 Å². The van der Waals surface area contributed by atoms with Gasteiger partial charge in [0.15, 0.2) is 0 Å². The topological polar surface area (TPSA) is 85.6 Å². The number of methoxy groups -OCH3 is 1. The zero-order valence-corrected chi connectivity index (χ0v) is 13.3. The second kappa shape index (κ2) is 6.33. The maximum absolute atomic E-state index is 11.6. The fourth-order valence-electron chi connectivity index (χ4n) is 2.86. The van der Waals surface area contributed by atoms with Gasteiger partial charge in [-0.1, -0.05) is 0 Å². The van der Waals surface area contributed by atoms with E-state index in [0.717, 1.165) is 18.4 Å². The number of thiophene rings is 1. The van der Waals surface area contributed by atoms with E-state index in [9.17, 15) is 14.9 Å². The molecule has 1 aliphatic heterocycles. The second-order valence-electron chi connectivity index (χ2n) is 5.22. The molecule has 0 aromatic carbocycles. The lowest BCUT2D eigenvalue weighted by molar-refractivity contribution is -0.384. The molecule has 2 aromatic rings. The monoisotopic (exact) mass is 333 g/mol. The van der Waals surface area contributed by atoms with Gasteiger partial charge in [-0.15, -0.1) is 0 Å². The van der Waals surface area contributed by atoms with Crippen LogP contribution in [0.25, 0.3) is 0 Å². The summed E-state index contributed by atoms with van der Waals surface area (Å²) >= 11 is 1.60. The summed E-state index contributed by atoms with van der Waals surface area (Å²) in [6.45, 7) is 0.700. The first kappa shape index (κ1) is 15.4. The van der Waals surface area contributed by atoms with E-state index in [2.05, 4.69) is 15.1 Å². The van der Waals surface area contributed by atoms with Gasteiger partial charge < -0.3 is 9.64 Å². The number of hydrogen-bond donors (Lipinski definition) is 0. The highest BCUT2D eigenvalue weighted by atomic mass is 32.1. The van der Waals surface area contributed by atoms with Gasteiger partial charge in [0.05, 0.1) is 23.6 Å². The van der Waals surface area contributed by atoms with Crippen molar-refractivity contribution in [2.45, 2.75) is 18.9 Å². The molecule has 1 unspecified atom stereocenters. The molecule has 1 atom stereocenters. The van der Waals surface area contributed by atoms with Crippen LogP contribution in [0.15, 0.2) is 29.1 Å². The van der Waals surface area contributed by atoms with E-state index in [0.29, 0.717) is 12.4 Å². The van der Waals surface area contributed by atoms with Crippen molar-refractivity contribution in [1.29, 1.82) is 0 Å². The minimum absolute atomic E-state index is 0.0780. The number of nitrogens with zero attached hydrogens (tertiary/aromatic N) is 3. The molecule has 1 fully saturated rings. The quantitative estimate of drug-likeness (QED) is 0.485. The zero-order chi connectivity index (χ0) is 16.4. The van der Waals surface area contributed by atoms with E-state index in [4.69, 9.17) is 0 Å². The number of rotatable bonds is 4. The number of carbonyl (C=O) groups is 1. The van der Waals surface area contributed by atoms with Gasteiger partial charge >= 0.3 is 11.7 Å². The van der Waals surface area contributed by atoms with Gasteiger partial charge in [0.1, 0.15) is 0 Å². The van der Waals surface area contributed by atoms with Gasteiger partial charge in [0.2, 0.25) is 5.82 Å². The highest BCUT2D eigenvalue weighted by Crippen LogP contribution is 2.39. The molecule has 0 radical (unpaired) electrons. The lowest BCUT2D eigenvalue weighted by Gasteiger charge is -2.25. The Morgan fingerprint density at radius 2 is 2.39 bits per heavy atom. The lowest BCUT2D eigenvalue weighted by atomic mass is 10.1. The first-order valence-corrected chi connectivity index (χ1v) is 8.07. The molecule has 7 nitrogen and oxygen atoms in total. The Labute approximate surface area is 136 Å². The van der Waals surface area contributed by atoms with Crippen LogP contribution in [-0.4, -0.2) is 29.5 Å². The molecule has 2 aromatic heterocycles. The normalized spacial score (nSPS) is 17.3. The van der Waals surface area contributed by atoms with E-state index >= 15 is 0 Å². The number of hydrogen-bond acceptors (Lipinski definition) is 7. The molecule has 0 saturated carbocycles. The lowest BCUT2D eigenvalue weighted by Crippen LogP contribution is -2.24. The number of esters is 1. The molecule has 23 heavy (non-hydrogen) atoms. The van der Waals surface area contributed by atoms with Crippen molar-refractivity contribution < 1.29 is 14.5 Å². The van der Waals surface area contributed by atoms with Crippen LogP contribution in [0.2, 0.25) is 0 Å². The summed E-state index contributed by atoms with van der Waals surface area (Å²) in [6.07, 6.45) is 3.20. The van der Waals surface area contributed by atoms with Crippen molar-refractivity contribution >= 4 is 28.8 Å². The van der Waals surface area contributed by atoms with Crippen molar-refractivity contribution in [3.63, 3.8) is 0 Å². The summed E-state index contributed by atoms with van der Waals surface area (Å²) in [7, 11) is 1.23. The Bertz CT molecular complexity index is 732. The van der Waals surface area contributed by atoms with E-state index in [1.807, 2.05) is 16.3 Å². The summed E-state index contributed by atoms with van der Waals surface area (Å²) in [5.41, 5.74) is 1.05. The average molecular weight is 333 g/mol. The number of ether oxygens (including phenoxy) is 1. The predicted molar refractivity (Wildman–Crippen MR) is 85.9 cm³/mol. The van der Waals surface area contributed by atoms with Gasteiger partial charge in [-0.2, -0.15) is 11.3 Å². The third kappa shape index (κ3) is 2.89. The summed E-state index contributed by atoms with van der Waals surface area (Å²) in [5, 5.41) is 15.5. The van der Waals surface area contributed by atoms with E-state index < -0.39 is 10.9 Å². The molecule has 120 valence electrons. The number of aromatic nitrogens is 1. The van der Waals surface area contributed by atoms with Crippen molar-refractivity contribution in [3.8, 4) is 0 Å². The zero-order valence-electron chi connectivity index (χ0n) is 12.5. The van der Waals surface area contributed by atoms with Crippen LogP contribution in [-0.2, 0) is 4.74 Å². The van der Waals surface area contributed by atoms with Crippen LogP contribution < -0.4 is 4.90 Å². The highest BCUT2D eigenvalue weighted by Gasteiger charge is 2.33. The van der Waals surface area contributed by atoms with Gasteiger partial charge in [0.25, 0.3) is 0 Å². The van der Waals surface area contributed by atoms with E-state index in [-0.39, 0.29) is 17.3 Å². The maximum atomic E-state index is 11.6. The molecule has 1 aliphatic rings. The van der Waals surface area contributed by atoms with Crippen molar-refractivity contribution in [1.82, 2.24) is 4.98 Å². The summed E-state index contributed by atoms with van der Waals surface area (Å²) in [5.74, 6) is -0.334. The number of carbonyl (C=O) groups excluding carboxylic acids is 1. The summed E-state index contributed by atoms with van der Waals surface area (Å²) < 4.78 is 4.60. The van der Waals surface area contributed by atoms with Crippen LogP contribution in [0.3, 0.4) is 0 Å². The van der Waals surface area contributed by atoms with Crippen molar-refractivity contribution in [2.24, 2.45) is 0 Å². The standard InChI is InChI=1S/C15H15N3O4S/c1-22-15(19)11-7-13(18(20)21)14(16-8-11)17-5-2-3-12(17)10-4-6-23-9-10/h4,6-9,12H,2-3,5H2,1H3. The largest absolute Gasteiger partial charge is 0.465 e. The highest BCUT2D eigenvalue weighted by molar-refractivity contribution is 7.08. The fraction of sp³-hybridized carbons (Fsp3) is 0.333. The minimum Gasteiger partial charge on any atom is -0.465 e. The number of pyridine rings is 1. The first-order chi connectivity index (χ1) is 11.1. The van der Waals surface area contributed by atoms with Crippen LogP contribution >= 0.6 is 11.3 Å². The first-order valence-electron chi connectivity index (χ1n) is 7.13.